The Morgan fingerprint density at radius 3 is 2.50 bits per heavy atom. The molecule has 1 aliphatic heterocycles. The van der Waals surface area contributed by atoms with Crippen LogP contribution >= 0.6 is 0 Å². The first kappa shape index (κ1) is 18.1. The maximum Gasteiger partial charge on any atom is 0.238 e. The van der Waals surface area contributed by atoms with Gasteiger partial charge in [-0.2, -0.15) is 0 Å². The molecule has 0 saturated carbocycles. The Kier molecular flexibility index (Phi) is 6.49. The highest BCUT2D eigenvalue weighted by atomic mass is 16.2. The number of hydrogen-bond donors (Lipinski definition) is 2. The lowest BCUT2D eigenvalue weighted by Crippen LogP contribution is -2.41. The highest BCUT2D eigenvalue weighted by Crippen LogP contribution is 2.16. The van der Waals surface area contributed by atoms with Gasteiger partial charge in [-0.1, -0.05) is 12.1 Å². The number of ketones is 1. The molecule has 2 N–H and O–H groups in total. The number of benzene rings is 1. The van der Waals surface area contributed by atoms with E-state index >= 15 is 0 Å². The fourth-order valence-electron chi connectivity index (χ4n) is 2.86. The number of hydrogen-bond acceptors (Lipinski definition) is 4. The number of piperidine rings is 1. The fraction of sp³-hybridized carbons (Fsp3) is 0.500. The number of nitrogens with zero attached hydrogens (tertiary/aromatic N) is 1. The molecule has 6 heteroatoms. The zero-order valence-corrected chi connectivity index (χ0v) is 14.3. The van der Waals surface area contributed by atoms with E-state index in [1.807, 2.05) is 0 Å². The number of likely N-dealkylation sites (tertiary alicyclic amines) is 1. The molecule has 0 spiro atoms. The normalized spacial score (nSPS) is 15.8. The monoisotopic (exact) mass is 331 g/mol. The fourth-order valence-corrected chi connectivity index (χ4v) is 2.86. The number of Topliss-reactive ketones (excluding diaryl/α,β-unsaturated/α-hetero) is 1. The van der Waals surface area contributed by atoms with E-state index in [9.17, 15) is 14.4 Å². The summed E-state index contributed by atoms with van der Waals surface area (Å²) in [6.45, 7) is 5.80. The van der Waals surface area contributed by atoms with Crippen molar-refractivity contribution in [1.82, 2.24) is 10.2 Å². The van der Waals surface area contributed by atoms with Crippen LogP contribution in [0.3, 0.4) is 0 Å². The maximum atomic E-state index is 12.2. The van der Waals surface area contributed by atoms with Crippen molar-refractivity contribution in [1.29, 1.82) is 0 Å². The summed E-state index contributed by atoms with van der Waals surface area (Å²) in [5.74, 6) is 0.397. The van der Waals surface area contributed by atoms with E-state index in [0.717, 1.165) is 25.9 Å². The minimum absolute atomic E-state index is 0.00426. The van der Waals surface area contributed by atoms with Gasteiger partial charge >= 0.3 is 0 Å². The van der Waals surface area contributed by atoms with Gasteiger partial charge < -0.3 is 10.6 Å². The zero-order valence-electron chi connectivity index (χ0n) is 14.3. The van der Waals surface area contributed by atoms with Crippen LogP contribution in [0.4, 0.5) is 5.69 Å². The molecule has 1 heterocycles. The van der Waals surface area contributed by atoms with Crippen molar-refractivity contribution in [2.75, 3.05) is 31.5 Å². The van der Waals surface area contributed by atoms with Crippen molar-refractivity contribution in [2.24, 2.45) is 5.92 Å². The Hall–Kier alpha value is -2.21. The minimum atomic E-state index is -0.0731. The molecule has 1 aromatic carbocycles. The summed E-state index contributed by atoms with van der Waals surface area (Å²) in [5.41, 5.74) is 1.24. The molecule has 1 saturated heterocycles. The van der Waals surface area contributed by atoms with E-state index in [-0.39, 0.29) is 17.6 Å². The second-order valence-corrected chi connectivity index (χ2v) is 6.34. The van der Waals surface area contributed by atoms with Crippen molar-refractivity contribution >= 4 is 23.3 Å². The second kappa shape index (κ2) is 8.59. The van der Waals surface area contributed by atoms with Crippen LogP contribution in [0.15, 0.2) is 24.3 Å². The molecule has 0 aromatic heterocycles. The van der Waals surface area contributed by atoms with E-state index in [1.54, 1.807) is 24.3 Å². The van der Waals surface area contributed by atoms with Gasteiger partial charge in [-0.3, -0.25) is 19.3 Å². The number of carbonyl (C=O) groups excluding carboxylic acids is 3. The molecule has 0 aliphatic carbocycles. The molecular formula is C18H25N3O3. The third-order valence-electron chi connectivity index (χ3n) is 4.27. The molecule has 1 aromatic rings. The molecule has 0 bridgehead atoms. The SMILES string of the molecule is CC(=O)NCC1CCN(CC(=O)Nc2cccc(C(C)=O)c2)CC1. The predicted molar refractivity (Wildman–Crippen MR) is 92.9 cm³/mol. The van der Waals surface area contributed by atoms with Gasteiger partial charge in [0.1, 0.15) is 0 Å². The molecule has 1 aliphatic rings. The first-order valence-corrected chi connectivity index (χ1v) is 8.31. The van der Waals surface area contributed by atoms with Crippen LogP contribution in [-0.2, 0) is 9.59 Å². The summed E-state index contributed by atoms with van der Waals surface area (Å²) in [7, 11) is 0. The summed E-state index contributed by atoms with van der Waals surface area (Å²) in [6, 6.07) is 6.97. The number of carbonyl (C=O) groups is 3. The van der Waals surface area contributed by atoms with Gasteiger partial charge in [-0.15, -0.1) is 0 Å². The lowest BCUT2D eigenvalue weighted by molar-refractivity contribution is -0.119. The van der Waals surface area contributed by atoms with Gasteiger partial charge in [0.25, 0.3) is 0 Å². The molecular weight excluding hydrogens is 306 g/mol. The summed E-state index contributed by atoms with van der Waals surface area (Å²) in [6.07, 6.45) is 1.96. The molecule has 0 atom stereocenters. The molecule has 130 valence electrons. The standard InChI is InChI=1S/C18H25N3O3/c1-13(22)16-4-3-5-17(10-16)20-18(24)12-21-8-6-15(7-9-21)11-19-14(2)23/h3-5,10,15H,6-9,11-12H2,1-2H3,(H,19,23)(H,20,24). The van der Waals surface area contributed by atoms with Gasteiger partial charge in [-0.05, 0) is 50.9 Å². The van der Waals surface area contributed by atoms with E-state index in [0.29, 0.717) is 30.3 Å². The molecule has 0 unspecified atom stereocenters. The highest BCUT2D eigenvalue weighted by molar-refractivity contribution is 5.97. The maximum absolute atomic E-state index is 12.2. The third-order valence-corrected chi connectivity index (χ3v) is 4.27. The lowest BCUT2D eigenvalue weighted by atomic mass is 9.97. The highest BCUT2D eigenvalue weighted by Gasteiger charge is 2.21. The third kappa shape index (κ3) is 5.77. The Bertz CT molecular complexity index is 607. The average molecular weight is 331 g/mol. The second-order valence-electron chi connectivity index (χ2n) is 6.34. The Morgan fingerprint density at radius 2 is 1.88 bits per heavy atom. The van der Waals surface area contributed by atoms with Crippen molar-refractivity contribution in [2.45, 2.75) is 26.7 Å². The van der Waals surface area contributed by atoms with E-state index in [1.165, 1.54) is 13.8 Å². The van der Waals surface area contributed by atoms with Crippen LogP contribution in [-0.4, -0.2) is 48.7 Å². The number of amides is 2. The smallest absolute Gasteiger partial charge is 0.238 e. The molecule has 1 fully saturated rings. The number of anilines is 1. The van der Waals surface area contributed by atoms with Crippen LogP contribution in [0.25, 0.3) is 0 Å². The summed E-state index contributed by atoms with van der Waals surface area (Å²) in [5, 5.41) is 5.70. The van der Waals surface area contributed by atoms with E-state index < -0.39 is 0 Å². The topological polar surface area (TPSA) is 78.5 Å². The van der Waals surface area contributed by atoms with Crippen molar-refractivity contribution in [3.63, 3.8) is 0 Å². The van der Waals surface area contributed by atoms with Crippen molar-refractivity contribution in [3.05, 3.63) is 29.8 Å². The Balaban J connectivity index is 1.76. The largest absolute Gasteiger partial charge is 0.356 e. The number of nitrogens with one attached hydrogen (secondary N) is 2. The molecule has 0 radical (unpaired) electrons. The van der Waals surface area contributed by atoms with Gasteiger partial charge in [-0.25, -0.2) is 0 Å². The Morgan fingerprint density at radius 1 is 1.17 bits per heavy atom. The van der Waals surface area contributed by atoms with Crippen LogP contribution in [0, 0.1) is 5.92 Å². The van der Waals surface area contributed by atoms with Gasteiger partial charge in [0.15, 0.2) is 5.78 Å². The van der Waals surface area contributed by atoms with Crippen LogP contribution in [0.2, 0.25) is 0 Å². The van der Waals surface area contributed by atoms with Crippen molar-refractivity contribution < 1.29 is 14.4 Å². The molecule has 24 heavy (non-hydrogen) atoms. The lowest BCUT2D eigenvalue weighted by Gasteiger charge is -2.31. The van der Waals surface area contributed by atoms with Gasteiger partial charge in [0.05, 0.1) is 6.54 Å². The summed E-state index contributed by atoms with van der Waals surface area (Å²) in [4.78, 5) is 36.6. The number of rotatable bonds is 6. The first-order chi connectivity index (χ1) is 11.4. The molecule has 2 amide bonds. The van der Waals surface area contributed by atoms with Crippen LogP contribution < -0.4 is 10.6 Å². The van der Waals surface area contributed by atoms with E-state index in [4.69, 9.17) is 0 Å². The van der Waals surface area contributed by atoms with Crippen LogP contribution in [0.1, 0.15) is 37.0 Å². The minimum Gasteiger partial charge on any atom is -0.356 e. The first-order valence-electron chi connectivity index (χ1n) is 8.31. The summed E-state index contributed by atoms with van der Waals surface area (Å²) < 4.78 is 0. The molecule has 2 rings (SSSR count). The van der Waals surface area contributed by atoms with Crippen molar-refractivity contribution in [3.8, 4) is 0 Å². The predicted octanol–water partition coefficient (Wildman–Crippen LogP) is 1.68. The van der Waals surface area contributed by atoms with Crippen LogP contribution in [0.5, 0.6) is 0 Å². The quantitative estimate of drug-likeness (QED) is 0.777. The average Bonchev–Trinajstić information content (AvgIpc) is 2.54. The van der Waals surface area contributed by atoms with Gasteiger partial charge in [0.2, 0.25) is 11.8 Å². The molecule has 6 nitrogen and oxygen atoms in total. The van der Waals surface area contributed by atoms with E-state index in [2.05, 4.69) is 15.5 Å². The zero-order chi connectivity index (χ0) is 17.5. The van der Waals surface area contributed by atoms with Gasteiger partial charge in [0, 0.05) is 24.7 Å². The summed E-state index contributed by atoms with van der Waals surface area (Å²) >= 11 is 0. The Labute approximate surface area is 142 Å².